The average molecular weight is 221 g/mol. The van der Waals surface area contributed by atoms with Gasteiger partial charge in [0, 0.05) is 4.90 Å². The van der Waals surface area contributed by atoms with E-state index < -0.39 is 5.97 Å². The SMILES string of the molecule is CCc1cc(C(=O)OC)cc(C#N)c1S. The first-order valence-electron chi connectivity index (χ1n) is 4.48. The lowest BCUT2D eigenvalue weighted by atomic mass is 10.0. The second-order valence-corrected chi connectivity index (χ2v) is 3.44. The van der Waals surface area contributed by atoms with Crippen molar-refractivity contribution < 1.29 is 9.53 Å². The fourth-order valence-electron chi connectivity index (χ4n) is 1.29. The molecule has 1 rings (SSSR count). The molecular weight excluding hydrogens is 210 g/mol. The number of rotatable bonds is 2. The van der Waals surface area contributed by atoms with Crippen molar-refractivity contribution >= 4 is 18.6 Å². The van der Waals surface area contributed by atoms with Crippen molar-refractivity contribution in [3.63, 3.8) is 0 Å². The number of benzene rings is 1. The first-order valence-corrected chi connectivity index (χ1v) is 4.93. The number of nitrogens with zero attached hydrogens (tertiary/aromatic N) is 1. The van der Waals surface area contributed by atoms with Gasteiger partial charge in [-0.3, -0.25) is 0 Å². The molecule has 0 heterocycles. The van der Waals surface area contributed by atoms with Crippen molar-refractivity contribution in [2.45, 2.75) is 18.2 Å². The zero-order valence-corrected chi connectivity index (χ0v) is 9.47. The summed E-state index contributed by atoms with van der Waals surface area (Å²) in [7, 11) is 1.31. The van der Waals surface area contributed by atoms with Gasteiger partial charge >= 0.3 is 5.97 Å². The molecule has 0 N–H and O–H groups in total. The maximum Gasteiger partial charge on any atom is 0.337 e. The van der Waals surface area contributed by atoms with Crippen molar-refractivity contribution in [1.82, 2.24) is 0 Å². The fourth-order valence-corrected chi connectivity index (χ4v) is 1.62. The van der Waals surface area contributed by atoms with Gasteiger partial charge in [0.1, 0.15) is 6.07 Å². The van der Waals surface area contributed by atoms with Crippen LogP contribution >= 0.6 is 12.6 Å². The standard InChI is InChI=1S/C11H11NO2S/c1-3-7-4-8(11(13)14-2)5-9(6-12)10(7)15/h4-5,15H,3H2,1-2H3. The number of ether oxygens (including phenoxy) is 1. The second kappa shape index (κ2) is 4.85. The van der Waals surface area contributed by atoms with Crippen LogP contribution in [0.1, 0.15) is 28.4 Å². The van der Waals surface area contributed by atoms with E-state index in [4.69, 9.17) is 5.26 Å². The molecule has 0 aliphatic heterocycles. The number of hydrogen-bond donors (Lipinski definition) is 1. The molecule has 0 saturated heterocycles. The third kappa shape index (κ3) is 2.31. The molecule has 3 nitrogen and oxygen atoms in total. The van der Waals surface area contributed by atoms with Crippen LogP contribution in [-0.2, 0) is 11.2 Å². The predicted octanol–water partition coefficient (Wildman–Crippen LogP) is 2.20. The van der Waals surface area contributed by atoms with Crippen molar-refractivity contribution in [1.29, 1.82) is 5.26 Å². The van der Waals surface area contributed by atoms with Gasteiger partial charge < -0.3 is 4.74 Å². The zero-order chi connectivity index (χ0) is 11.4. The number of aryl methyl sites for hydroxylation is 1. The van der Waals surface area contributed by atoms with E-state index in [2.05, 4.69) is 17.4 Å². The minimum Gasteiger partial charge on any atom is -0.465 e. The lowest BCUT2D eigenvalue weighted by molar-refractivity contribution is 0.0600. The molecule has 0 aliphatic carbocycles. The molecule has 0 bridgehead atoms. The molecule has 0 fully saturated rings. The highest BCUT2D eigenvalue weighted by atomic mass is 32.1. The Morgan fingerprint density at radius 3 is 2.73 bits per heavy atom. The summed E-state index contributed by atoms with van der Waals surface area (Å²) < 4.78 is 4.60. The Labute approximate surface area is 94.1 Å². The number of esters is 1. The third-order valence-electron chi connectivity index (χ3n) is 2.11. The van der Waals surface area contributed by atoms with Gasteiger partial charge in [0.2, 0.25) is 0 Å². The maximum absolute atomic E-state index is 11.3. The van der Waals surface area contributed by atoms with Crippen LogP contribution in [-0.4, -0.2) is 13.1 Å². The summed E-state index contributed by atoms with van der Waals surface area (Å²) in [5.74, 6) is -0.436. The van der Waals surface area contributed by atoms with Gasteiger partial charge in [-0.15, -0.1) is 12.6 Å². The second-order valence-electron chi connectivity index (χ2n) is 2.99. The zero-order valence-electron chi connectivity index (χ0n) is 8.57. The highest BCUT2D eigenvalue weighted by Crippen LogP contribution is 2.22. The van der Waals surface area contributed by atoms with Crippen LogP contribution in [0.4, 0.5) is 0 Å². The summed E-state index contributed by atoms with van der Waals surface area (Å²) in [6.45, 7) is 1.94. The van der Waals surface area contributed by atoms with Crippen LogP contribution in [0.5, 0.6) is 0 Å². The Kier molecular flexibility index (Phi) is 3.75. The Balaban J connectivity index is 3.34. The Morgan fingerprint density at radius 2 is 2.27 bits per heavy atom. The smallest absolute Gasteiger partial charge is 0.337 e. The van der Waals surface area contributed by atoms with Crippen LogP contribution < -0.4 is 0 Å². The topological polar surface area (TPSA) is 50.1 Å². The summed E-state index contributed by atoms with van der Waals surface area (Å²) >= 11 is 4.24. The summed E-state index contributed by atoms with van der Waals surface area (Å²) in [5, 5.41) is 8.87. The lowest BCUT2D eigenvalue weighted by Crippen LogP contribution is -2.03. The summed E-state index contributed by atoms with van der Waals surface area (Å²) in [6.07, 6.45) is 0.721. The molecule has 1 aromatic carbocycles. The summed E-state index contributed by atoms with van der Waals surface area (Å²) in [4.78, 5) is 11.9. The van der Waals surface area contributed by atoms with Gasteiger partial charge in [-0.25, -0.2) is 4.79 Å². The minimum absolute atomic E-state index is 0.392. The Bertz CT molecular complexity index is 435. The van der Waals surface area contributed by atoms with Gasteiger partial charge in [0.25, 0.3) is 0 Å². The van der Waals surface area contributed by atoms with E-state index in [-0.39, 0.29) is 0 Å². The molecule has 0 amide bonds. The van der Waals surface area contributed by atoms with E-state index in [0.717, 1.165) is 12.0 Å². The largest absolute Gasteiger partial charge is 0.465 e. The molecule has 4 heteroatoms. The molecule has 1 aromatic rings. The number of carbonyl (C=O) groups excluding carboxylic acids is 1. The van der Waals surface area contributed by atoms with Gasteiger partial charge in [-0.2, -0.15) is 5.26 Å². The van der Waals surface area contributed by atoms with Gasteiger partial charge in [-0.1, -0.05) is 6.92 Å². The molecule has 0 radical (unpaired) electrons. The highest BCUT2D eigenvalue weighted by molar-refractivity contribution is 7.80. The molecule has 0 aromatic heterocycles. The third-order valence-corrected chi connectivity index (χ3v) is 2.64. The van der Waals surface area contributed by atoms with Crippen LogP contribution in [0.25, 0.3) is 0 Å². The van der Waals surface area contributed by atoms with Gasteiger partial charge in [0.05, 0.1) is 18.2 Å². The lowest BCUT2D eigenvalue weighted by Gasteiger charge is -2.07. The van der Waals surface area contributed by atoms with E-state index in [1.165, 1.54) is 13.2 Å². The van der Waals surface area contributed by atoms with Crippen molar-refractivity contribution in [2.24, 2.45) is 0 Å². The average Bonchev–Trinajstić information content (AvgIpc) is 2.28. The molecular formula is C11H11NO2S. The van der Waals surface area contributed by atoms with E-state index >= 15 is 0 Å². The van der Waals surface area contributed by atoms with E-state index in [1.807, 2.05) is 13.0 Å². The van der Waals surface area contributed by atoms with Crippen LogP contribution in [0.15, 0.2) is 17.0 Å². The first-order chi connectivity index (χ1) is 7.13. The highest BCUT2D eigenvalue weighted by Gasteiger charge is 2.11. The van der Waals surface area contributed by atoms with Crippen LogP contribution in [0, 0.1) is 11.3 Å². The molecule has 0 spiro atoms. The molecule has 78 valence electrons. The van der Waals surface area contributed by atoms with Crippen LogP contribution in [0.3, 0.4) is 0 Å². The maximum atomic E-state index is 11.3. The van der Waals surface area contributed by atoms with Gasteiger partial charge in [0.15, 0.2) is 0 Å². The molecule has 15 heavy (non-hydrogen) atoms. The summed E-state index contributed by atoms with van der Waals surface area (Å²) in [6, 6.07) is 5.20. The van der Waals surface area contributed by atoms with Crippen molar-refractivity contribution in [2.75, 3.05) is 7.11 Å². The van der Waals surface area contributed by atoms with Crippen molar-refractivity contribution in [3.05, 3.63) is 28.8 Å². The van der Waals surface area contributed by atoms with Crippen molar-refractivity contribution in [3.8, 4) is 6.07 Å². The summed E-state index contributed by atoms with van der Waals surface area (Å²) in [5.41, 5.74) is 1.67. The number of nitriles is 1. The van der Waals surface area contributed by atoms with Gasteiger partial charge in [-0.05, 0) is 24.1 Å². The number of hydrogen-bond acceptors (Lipinski definition) is 4. The normalized spacial score (nSPS) is 9.47. The number of thiol groups is 1. The number of carbonyl (C=O) groups is 1. The van der Waals surface area contributed by atoms with E-state index in [1.54, 1.807) is 6.07 Å². The van der Waals surface area contributed by atoms with Crippen LogP contribution in [0.2, 0.25) is 0 Å². The Morgan fingerprint density at radius 1 is 1.60 bits per heavy atom. The Hall–Kier alpha value is -1.47. The minimum atomic E-state index is -0.436. The predicted molar refractivity (Wildman–Crippen MR) is 59.1 cm³/mol. The quantitative estimate of drug-likeness (QED) is 0.615. The number of methoxy groups -OCH3 is 1. The molecule has 0 aliphatic rings. The monoisotopic (exact) mass is 221 g/mol. The molecule has 0 atom stereocenters. The molecule has 0 unspecified atom stereocenters. The fraction of sp³-hybridized carbons (Fsp3) is 0.273. The molecule has 0 saturated carbocycles. The first kappa shape index (κ1) is 11.6. The van der Waals surface area contributed by atoms with E-state index in [0.29, 0.717) is 16.0 Å². The van der Waals surface area contributed by atoms with E-state index in [9.17, 15) is 4.79 Å².